The molecule has 2 N–H and O–H groups in total. The van der Waals surface area contributed by atoms with E-state index in [4.69, 9.17) is 9.47 Å². The van der Waals surface area contributed by atoms with E-state index < -0.39 is 6.10 Å². The van der Waals surface area contributed by atoms with Crippen LogP contribution in [0.2, 0.25) is 0 Å². The van der Waals surface area contributed by atoms with E-state index in [9.17, 15) is 9.59 Å². The van der Waals surface area contributed by atoms with Crippen LogP contribution in [0, 0.1) is 0 Å². The number of fused-ring (bicyclic) bond motifs is 4. The summed E-state index contributed by atoms with van der Waals surface area (Å²) < 4.78 is 11.4. The number of amides is 1. The van der Waals surface area contributed by atoms with Crippen molar-refractivity contribution in [2.24, 2.45) is 0 Å². The summed E-state index contributed by atoms with van der Waals surface area (Å²) in [6, 6.07) is 12.9. The zero-order chi connectivity index (χ0) is 19.1. The zero-order valence-electron chi connectivity index (χ0n) is 15.3. The summed E-state index contributed by atoms with van der Waals surface area (Å²) in [4.78, 5) is 28.0. The first kappa shape index (κ1) is 16.9. The number of anilines is 1. The number of hydrogen-bond donors (Lipinski definition) is 2. The number of benzene rings is 2. The van der Waals surface area contributed by atoms with Gasteiger partial charge in [-0.25, -0.2) is 0 Å². The second-order valence-corrected chi connectivity index (χ2v) is 7.23. The van der Waals surface area contributed by atoms with Crippen LogP contribution in [-0.2, 0) is 17.6 Å². The molecule has 0 saturated carbocycles. The van der Waals surface area contributed by atoms with Gasteiger partial charge in [-0.1, -0.05) is 18.2 Å². The number of ether oxygens (including phenoxy) is 2. The molecule has 6 nitrogen and oxygen atoms in total. The van der Waals surface area contributed by atoms with Gasteiger partial charge in [0.15, 0.2) is 11.5 Å². The standard InChI is InChI=1S/C22H20N2O4/c25-21-16-6-2-1-5-14(16)15-10-9-13(11-17(15)24-21)23-22(26)20-12-27-18-7-3-4-8-19(18)28-20/h3-4,7-11,20H,1-2,5-6,12H2,(H,23,26)(H,24,25). The maximum absolute atomic E-state index is 12.6. The Labute approximate surface area is 161 Å². The summed E-state index contributed by atoms with van der Waals surface area (Å²) in [6.45, 7) is 0.154. The van der Waals surface area contributed by atoms with Gasteiger partial charge in [0.2, 0.25) is 6.10 Å². The zero-order valence-corrected chi connectivity index (χ0v) is 15.3. The Morgan fingerprint density at radius 3 is 2.68 bits per heavy atom. The highest BCUT2D eigenvalue weighted by molar-refractivity contribution is 5.97. The SMILES string of the molecule is O=C(Nc1ccc2c3c(c(=O)[nH]c2c1)CCCC3)C1COc2ccccc2O1. The molecule has 1 atom stereocenters. The van der Waals surface area contributed by atoms with Crippen molar-refractivity contribution in [2.75, 3.05) is 11.9 Å². The second-order valence-electron chi connectivity index (χ2n) is 7.23. The Bertz CT molecular complexity index is 1140. The number of carbonyl (C=O) groups excluding carboxylic acids is 1. The van der Waals surface area contributed by atoms with Gasteiger partial charge in [-0.3, -0.25) is 9.59 Å². The highest BCUT2D eigenvalue weighted by Gasteiger charge is 2.27. The fraction of sp³-hybridized carbons (Fsp3) is 0.273. The van der Waals surface area contributed by atoms with E-state index in [2.05, 4.69) is 10.3 Å². The van der Waals surface area contributed by atoms with Crippen molar-refractivity contribution in [1.82, 2.24) is 4.98 Å². The van der Waals surface area contributed by atoms with Gasteiger partial charge in [-0.15, -0.1) is 0 Å². The van der Waals surface area contributed by atoms with Crippen LogP contribution in [0.5, 0.6) is 11.5 Å². The van der Waals surface area contributed by atoms with Crippen molar-refractivity contribution in [3.63, 3.8) is 0 Å². The average Bonchev–Trinajstić information content (AvgIpc) is 2.73. The summed E-state index contributed by atoms with van der Waals surface area (Å²) in [6.07, 6.45) is 3.19. The molecule has 0 bridgehead atoms. The lowest BCUT2D eigenvalue weighted by molar-refractivity contribution is -0.125. The van der Waals surface area contributed by atoms with Gasteiger partial charge >= 0.3 is 0 Å². The molecule has 0 radical (unpaired) electrons. The molecule has 1 amide bonds. The number of aromatic nitrogens is 1. The Hall–Kier alpha value is -3.28. The highest BCUT2D eigenvalue weighted by Crippen LogP contribution is 2.31. The number of aromatic amines is 1. The number of para-hydroxylation sites is 2. The predicted molar refractivity (Wildman–Crippen MR) is 106 cm³/mol. The third-order valence-corrected chi connectivity index (χ3v) is 5.40. The van der Waals surface area contributed by atoms with Crippen molar-refractivity contribution in [3.05, 3.63) is 63.9 Å². The van der Waals surface area contributed by atoms with Gasteiger partial charge in [-0.05, 0) is 55.5 Å². The molecule has 0 fully saturated rings. The highest BCUT2D eigenvalue weighted by atomic mass is 16.6. The number of rotatable bonds is 2. The monoisotopic (exact) mass is 376 g/mol. The minimum atomic E-state index is -0.729. The number of pyridine rings is 1. The van der Waals surface area contributed by atoms with E-state index in [0.717, 1.165) is 47.7 Å². The topological polar surface area (TPSA) is 80.4 Å². The number of carbonyl (C=O) groups is 1. The van der Waals surface area contributed by atoms with E-state index in [1.165, 1.54) is 0 Å². The molecule has 0 saturated heterocycles. The summed E-state index contributed by atoms with van der Waals surface area (Å²) >= 11 is 0. The quantitative estimate of drug-likeness (QED) is 0.720. The Kier molecular flexibility index (Phi) is 4.04. The fourth-order valence-electron chi connectivity index (χ4n) is 4.01. The van der Waals surface area contributed by atoms with Crippen LogP contribution in [0.15, 0.2) is 47.3 Å². The van der Waals surface area contributed by atoms with Crippen molar-refractivity contribution in [3.8, 4) is 11.5 Å². The van der Waals surface area contributed by atoms with Crippen LogP contribution in [0.25, 0.3) is 10.9 Å². The van der Waals surface area contributed by atoms with Crippen LogP contribution >= 0.6 is 0 Å². The first-order valence-electron chi connectivity index (χ1n) is 9.56. The molecule has 1 unspecified atom stereocenters. The molecule has 6 heteroatoms. The first-order valence-corrected chi connectivity index (χ1v) is 9.56. The molecule has 5 rings (SSSR count). The number of hydrogen-bond acceptors (Lipinski definition) is 4. The lowest BCUT2D eigenvalue weighted by Crippen LogP contribution is -2.40. The van der Waals surface area contributed by atoms with Crippen LogP contribution in [0.3, 0.4) is 0 Å². The minimum absolute atomic E-state index is 0.0219. The van der Waals surface area contributed by atoms with Gasteiger partial charge in [0.05, 0.1) is 5.52 Å². The molecule has 1 aromatic heterocycles. The lowest BCUT2D eigenvalue weighted by atomic mass is 9.90. The fourth-order valence-corrected chi connectivity index (χ4v) is 4.01. The predicted octanol–water partition coefficient (Wildman–Crippen LogP) is 3.19. The van der Waals surface area contributed by atoms with Crippen LogP contribution < -0.4 is 20.3 Å². The molecule has 2 aromatic carbocycles. The summed E-state index contributed by atoms with van der Waals surface area (Å²) in [5, 5.41) is 3.92. The summed E-state index contributed by atoms with van der Waals surface area (Å²) in [5.41, 5.74) is 3.39. The third kappa shape index (κ3) is 2.91. The normalized spacial score (nSPS) is 17.8. The Balaban J connectivity index is 1.40. The summed E-state index contributed by atoms with van der Waals surface area (Å²) in [7, 11) is 0. The van der Waals surface area contributed by atoms with E-state index in [1.807, 2.05) is 30.3 Å². The average molecular weight is 376 g/mol. The van der Waals surface area contributed by atoms with E-state index in [1.54, 1.807) is 12.1 Å². The maximum Gasteiger partial charge on any atom is 0.269 e. The van der Waals surface area contributed by atoms with Gasteiger partial charge in [-0.2, -0.15) is 0 Å². The molecule has 28 heavy (non-hydrogen) atoms. The molecule has 2 aliphatic rings. The van der Waals surface area contributed by atoms with Crippen LogP contribution in [-0.4, -0.2) is 23.6 Å². The number of nitrogens with one attached hydrogen (secondary N) is 2. The smallest absolute Gasteiger partial charge is 0.269 e. The molecule has 2 heterocycles. The molecule has 142 valence electrons. The molecular weight excluding hydrogens is 356 g/mol. The second kappa shape index (κ2) is 6.71. The Morgan fingerprint density at radius 1 is 1.04 bits per heavy atom. The van der Waals surface area contributed by atoms with Crippen LogP contribution in [0.1, 0.15) is 24.0 Å². The van der Waals surface area contributed by atoms with E-state index >= 15 is 0 Å². The molecule has 3 aromatic rings. The molecule has 1 aliphatic carbocycles. The van der Waals surface area contributed by atoms with Gasteiger partial charge in [0, 0.05) is 16.6 Å². The number of H-pyrrole nitrogens is 1. The van der Waals surface area contributed by atoms with E-state index in [-0.39, 0.29) is 18.1 Å². The van der Waals surface area contributed by atoms with Gasteiger partial charge in [0.1, 0.15) is 6.61 Å². The molecule has 0 spiro atoms. The maximum atomic E-state index is 12.6. The van der Waals surface area contributed by atoms with Gasteiger partial charge < -0.3 is 19.8 Å². The van der Waals surface area contributed by atoms with Crippen molar-refractivity contribution in [1.29, 1.82) is 0 Å². The minimum Gasteiger partial charge on any atom is -0.485 e. The third-order valence-electron chi connectivity index (χ3n) is 5.40. The van der Waals surface area contributed by atoms with Crippen LogP contribution in [0.4, 0.5) is 5.69 Å². The van der Waals surface area contributed by atoms with Gasteiger partial charge in [0.25, 0.3) is 11.5 Å². The van der Waals surface area contributed by atoms with Crippen molar-refractivity contribution >= 4 is 22.5 Å². The lowest BCUT2D eigenvalue weighted by Gasteiger charge is -2.25. The number of aryl methyl sites for hydroxylation is 1. The van der Waals surface area contributed by atoms with Crippen molar-refractivity contribution in [2.45, 2.75) is 31.8 Å². The first-order chi connectivity index (χ1) is 13.7. The summed E-state index contributed by atoms with van der Waals surface area (Å²) in [5.74, 6) is 0.914. The van der Waals surface area contributed by atoms with Crippen molar-refractivity contribution < 1.29 is 14.3 Å². The van der Waals surface area contributed by atoms with E-state index in [0.29, 0.717) is 17.2 Å². The Morgan fingerprint density at radius 2 is 1.82 bits per heavy atom. The molecular formula is C22H20N2O4. The molecule has 1 aliphatic heterocycles. The largest absolute Gasteiger partial charge is 0.485 e.